The van der Waals surface area contributed by atoms with Crippen molar-refractivity contribution in [3.05, 3.63) is 57.6 Å². The number of rotatable bonds is 6. The van der Waals surface area contributed by atoms with Gasteiger partial charge in [-0.15, -0.1) is 0 Å². The second-order valence-electron chi connectivity index (χ2n) is 4.80. The number of halogens is 6. The Morgan fingerprint density at radius 2 is 1.46 bits per heavy atom. The van der Waals surface area contributed by atoms with E-state index < -0.39 is 19.2 Å². The van der Waals surface area contributed by atoms with Gasteiger partial charge in [0.25, 0.3) is 0 Å². The largest absolute Gasteiger partial charge is 0.465 e. The molecule has 0 aliphatic heterocycles. The predicted molar refractivity (Wildman–Crippen MR) is 93.4 cm³/mol. The van der Waals surface area contributed by atoms with E-state index in [9.17, 15) is 22.4 Å². The molecule has 0 spiro atoms. The van der Waals surface area contributed by atoms with Crippen LogP contribution >= 0.6 is 23.2 Å². The third kappa shape index (κ3) is 7.79. The normalized spacial score (nSPS) is 10.4. The topological polar surface area (TPSA) is 65.0 Å². The van der Waals surface area contributed by atoms with E-state index in [0.29, 0.717) is 0 Å². The maximum Gasteiger partial charge on any atom is 0.387 e. The first-order valence-electron chi connectivity index (χ1n) is 7.34. The zero-order valence-electron chi connectivity index (χ0n) is 14.2. The molecule has 2 rings (SSSR count). The minimum Gasteiger partial charge on any atom is -0.465 e. The third-order valence-electron chi connectivity index (χ3n) is 2.98. The Morgan fingerprint density at radius 1 is 0.964 bits per heavy atom. The SMILES string of the molecule is COC(=O)c1ccc(Cl)cc1OC(F)F.OCc1ccc(Cl)cc1OC(F)F. The number of aliphatic hydroxyl groups excluding tert-OH is 1. The molecule has 0 aromatic heterocycles. The number of esters is 1. The van der Waals surface area contributed by atoms with E-state index in [1.165, 1.54) is 30.3 Å². The highest BCUT2D eigenvalue weighted by Crippen LogP contribution is 2.26. The average molecular weight is 445 g/mol. The molecule has 2 aromatic rings. The number of ether oxygens (including phenoxy) is 3. The summed E-state index contributed by atoms with van der Waals surface area (Å²) in [6, 6.07) is 7.92. The van der Waals surface area contributed by atoms with Gasteiger partial charge in [0.15, 0.2) is 0 Å². The molecule has 0 amide bonds. The summed E-state index contributed by atoms with van der Waals surface area (Å²) in [5, 5.41) is 9.23. The highest BCUT2D eigenvalue weighted by atomic mass is 35.5. The van der Waals surface area contributed by atoms with Crippen LogP contribution in [0, 0.1) is 0 Å². The van der Waals surface area contributed by atoms with Crippen molar-refractivity contribution in [1.29, 1.82) is 0 Å². The van der Waals surface area contributed by atoms with E-state index in [0.717, 1.165) is 13.2 Å². The van der Waals surface area contributed by atoms with Gasteiger partial charge in [-0.05, 0) is 30.3 Å². The minimum absolute atomic E-state index is 0.0926. The van der Waals surface area contributed by atoms with Crippen LogP contribution in [-0.2, 0) is 11.3 Å². The summed E-state index contributed by atoms with van der Waals surface area (Å²) in [6.07, 6.45) is 0. The molecule has 154 valence electrons. The third-order valence-corrected chi connectivity index (χ3v) is 3.45. The second-order valence-corrected chi connectivity index (χ2v) is 5.67. The maximum atomic E-state index is 12.0. The first-order chi connectivity index (χ1) is 13.2. The fourth-order valence-electron chi connectivity index (χ4n) is 1.83. The summed E-state index contributed by atoms with van der Waals surface area (Å²) in [7, 11) is 1.14. The molecular weight excluding hydrogens is 431 g/mol. The predicted octanol–water partition coefficient (Wildman–Crippen LogP) is 5.16. The fraction of sp³-hybridized carbons (Fsp3) is 0.235. The van der Waals surface area contributed by atoms with Crippen molar-refractivity contribution in [3.8, 4) is 11.5 Å². The van der Waals surface area contributed by atoms with Gasteiger partial charge < -0.3 is 19.3 Å². The van der Waals surface area contributed by atoms with E-state index in [-0.39, 0.29) is 39.3 Å². The van der Waals surface area contributed by atoms with Gasteiger partial charge in [0.2, 0.25) is 0 Å². The van der Waals surface area contributed by atoms with Crippen molar-refractivity contribution in [1.82, 2.24) is 0 Å². The number of aliphatic hydroxyl groups is 1. The molecule has 11 heteroatoms. The van der Waals surface area contributed by atoms with Crippen molar-refractivity contribution in [2.45, 2.75) is 19.8 Å². The lowest BCUT2D eigenvalue weighted by atomic mass is 10.2. The van der Waals surface area contributed by atoms with E-state index in [1.807, 2.05) is 0 Å². The van der Waals surface area contributed by atoms with E-state index in [4.69, 9.17) is 28.3 Å². The lowest BCUT2D eigenvalue weighted by Gasteiger charge is -2.09. The van der Waals surface area contributed by atoms with Gasteiger partial charge in [-0.3, -0.25) is 0 Å². The monoisotopic (exact) mass is 444 g/mol. The number of hydrogen-bond donors (Lipinski definition) is 1. The number of carbonyl (C=O) groups is 1. The van der Waals surface area contributed by atoms with Crippen LogP contribution in [-0.4, -0.2) is 31.4 Å². The summed E-state index contributed by atoms with van der Waals surface area (Å²) < 4.78 is 60.3. The van der Waals surface area contributed by atoms with Gasteiger partial charge in [-0.2, -0.15) is 17.6 Å². The lowest BCUT2D eigenvalue weighted by molar-refractivity contribution is -0.0514. The van der Waals surface area contributed by atoms with E-state index >= 15 is 0 Å². The molecule has 5 nitrogen and oxygen atoms in total. The van der Waals surface area contributed by atoms with Crippen LogP contribution in [0.4, 0.5) is 17.6 Å². The lowest BCUT2D eigenvalue weighted by Crippen LogP contribution is -2.09. The van der Waals surface area contributed by atoms with Crippen LogP contribution in [0.15, 0.2) is 36.4 Å². The Kier molecular flexibility index (Phi) is 9.84. The zero-order valence-corrected chi connectivity index (χ0v) is 15.7. The number of alkyl halides is 4. The van der Waals surface area contributed by atoms with Crippen molar-refractivity contribution in [2.24, 2.45) is 0 Å². The van der Waals surface area contributed by atoms with Crippen LogP contribution in [0.25, 0.3) is 0 Å². The Labute approximate surface area is 167 Å². The molecule has 0 fully saturated rings. The summed E-state index contributed by atoms with van der Waals surface area (Å²) in [6.45, 7) is -6.30. The van der Waals surface area contributed by atoms with Gasteiger partial charge in [0.05, 0.1) is 13.7 Å². The molecule has 0 unspecified atom stereocenters. The first kappa shape index (κ1) is 23.8. The molecule has 28 heavy (non-hydrogen) atoms. The van der Waals surface area contributed by atoms with Gasteiger partial charge >= 0.3 is 19.2 Å². The molecule has 0 saturated heterocycles. The molecule has 0 heterocycles. The molecular formula is C17H14Cl2F4O5. The smallest absolute Gasteiger partial charge is 0.387 e. The summed E-state index contributed by atoms with van der Waals surface area (Å²) >= 11 is 11.1. The highest BCUT2D eigenvalue weighted by molar-refractivity contribution is 6.31. The summed E-state index contributed by atoms with van der Waals surface area (Å²) in [5.74, 6) is -1.16. The van der Waals surface area contributed by atoms with Crippen LogP contribution in [0.2, 0.25) is 10.0 Å². The van der Waals surface area contributed by atoms with Gasteiger partial charge in [-0.25, -0.2) is 4.79 Å². The van der Waals surface area contributed by atoms with E-state index in [2.05, 4.69) is 14.2 Å². The number of methoxy groups -OCH3 is 1. The van der Waals surface area contributed by atoms with Crippen LogP contribution in [0.3, 0.4) is 0 Å². The van der Waals surface area contributed by atoms with Crippen molar-refractivity contribution >= 4 is 29.2 Å². The summed E-state index contributed by atoms with van der Waals surface area (Å²) in [5.41, 5.74) is 0.187. The Morgan fingerprint density at radius 3 is 1.96 bits per heavy atom. The Hall–Kier alpha value is -2.23. The fourth-order valence-corrected chi connectivity index (χ4v) is 2.16. The Balaban J connectivity index is 0.000000283. The van der Waals surface area contributed by atoms with Gasteiger partial charge in [0, 0.05) is 15.6 Å². The van der Waals surface area contributed by atoms with Crippen LogP contribution in [0.5, 0.6) is 11.5 Å². The second kappa shape index (κ2) is 11.6. The van der Waals surface area contributed by atoms with Crippen LogP contribution < -0.4 is 9.47 Å². The van der Waals surface area contributed by atoms with Crippen molar-refractivity contribution in [3.63, 3.8) is 0 Å². The zero-order chi connectivity index (χ0) is 21.3. The minimum atomic E-state index is -3.02. The van der Waals surface area contributed by atoms with Crippen LogP contribution in [0.1, 0.15) is 15.9 Å². The first-order valence-corrected chi connectivity index (χ1v) is 8.10. The number of carbonyl (C=O) groups excluding carboxylic acids is 1. The maximum absolute atomic E-state index is 12.0. The average Bonchev–Trinajstić information content (AvgIpc) is 2.61. The van der Waals surface area contributed by atoms with E-state index in [1.54, 1.807) is 0 Å². The quantitative estimate of drug-likeness (QED) is 0.492. The van der Waals surface area contributed by atoms with Gasteiger partial charge in [0.1, 0.15) is 17.1 Å². The Bertz CT molecular complexity index is 790. The standard InChI is InChI=1S/C9H7ClF2O3.C8H7ClF2O2/c1-14-8(13)6-3-2-5(10)4-7(6)15-9(11)12;9-6-2-1-5(4-12)7(3-6)13-8(10)11/h2-4,9H,1H3;1-3,8,12H,4H2. The molecule has 0 atom stereocenters. The van der Waals surface area contributed by atoms with Crippen molar-refractivity contribution < 1.29 is 41.7 Å². The molecule has 0 bridgehead atoms. The molecule has 0 saturated carbocycles. The van der Waals surface area contributed by atoms with Gasteiger partial charge in [-0.1, -0.05) is 29.3 Å². The highest BCUT2D eigenvalue weighted by Gasteiger charge is 2.16. The number of benzene rings is 2. The summed E-state index contributed by atoms with van der Waals surface area (Å²) in [4.78, 5) is 11.1. The molecule has 1 N–H and O–H groups in total. The number of hydrogen-bond acceptors (Lipinski definition) is 5. The molecule has 0 aliphatic carbocycles. The van der Waals surface area contributed by atoms with Crippen molar-refractivity contribution in [2.75, 3.05) is 7.11 Å². The molecule has 0 radical (unpaired) electrons. The molecule has 2 aromatic carbocycles. The molecule has 0 aliphatic rings.